The Bertz CT molecular complexity index is 1030. The SMILES string of the molecule is COc1ccc(/C=C2\S/C(=N\N=C\c3ccc(OC)cc3OC)NC2=O)c(OC)c1. The molecule has 1 heterocycles. The molecule has 156 valence electrons. The number of thioether (sulfide) groups is 1. The first-order valence-electron chi connectivity index (χ1n) is 8.84. The summed E-state index contributed by atoms with van der Waals surface area (Å²) in [5, 5.41) is 11.2. The predicted molar refractivity (Wildman–Crippen MR) is 118 cm³/mol. The average molecular weight is 427 g/mol. The van der Waals surface area contributed by atoms with Crippen molar-refractivity contribution in [1.29, 1.82) is 0 Å². The number of benzene rings is 2. The van der Waals surface area contributed by atoms with Gasteiger partial charge in [0, 0.05) is 23.3 Å². The van der Waals surface area contributed by atoms with E-state index in [2.05, 4.69) is 15.5 Å². The van der Waals surface area contributed by atoms with Gasteiger partial charge in [-0.3, -0.25) is 10.1 Å². The zero-order chi connectivity index (χ0) is 21.5. The Morgan fingerprint density at radius 1 is 0.867 bits per heavy atom. The normalized spacial score (nSPS) is 16.2. The van der Waals surface area contributed by atoms with Crippen molar-refractivity contribution in [3.05, 3.63) is 52.4 Å². The van der Waals surface area contributed by atoms with Crippen LogP contribution in [-0.4, -0.2) is 45.7 Å². The number of carbonyl (C=O) groups is 1. The van der Waals surface area contributed by atoms with Gasteiger partial charge in [0.2, 0.25) is 0 Å². The summed E-state index contributed by atoms with van der Waals surface area (Å²) in [4.78, 5) is 12.8. The number of hydrogen-bond acceptors (Lipinski definition) is 8. The second-order valence-corrected chi connectivity index (χ2v) is 6.96. The van der Waals surface area contributed by atoms with Gasteiger partial charge in [0.25, 0.3) is 5.91 Å². The van der Waals surface area contributed by atoms with Gasteiger partial charge in [0.1, 0.15) is 23.0 Å². The zero-order valence-electron chi connectivity index (χ0n) is 17.0. The van der Waals surface area contributed by atoms with Crippen LogP contribution in [0.3, 0.4) is 0 Å². The van der Waals surface area contributed by atoms with Crippen molar-refractivity contribution in [2.45, 2.75) is 0 Å². The van der Waals surface area contributed by atoms with E-state index in [0.29, 0.717) is 33.1 Å². The molecule has 0 aromatic heterocycles. The summed E-state index contributed by atoms with van der Waals surface area (Å²) >= 11 is 1.19. The fraction of sp³-hybridized carbons (Fsp3) is 0.190. The first-order chi connectivity index (χ1) is 14.6. The van der Waals surface area contributed by atoms with E-state index in [9.17, 15) is 4.79 Å². The number of amidine groups is 1. The summed E-state index contributed by atoms with van der Waals surface area (Å²) in [5.74, 6) is 2.30. The maximum atomic E-state index is 12.3. The van der Waals surface area contributed by atoms with Gasteiger partial charge in [-0.15, -0.1) is 5.10 Å². The van der Waals surface area contributed by atoms with Crippen LogP contribution in [-0.2, 0) is 4.79 Å². The lowest BCUT2D eigenvalue weighted by atomic mass is 10.1. The third-order valence-corrected chi connectivity index (χ3v) is 5.06. The van der Waals surface area contributed by atoms with Crippen LogP contribution in [0.5, 0.6) is 23.0 Å². The smallest absolute Gasteiger partial charge is 0.264 e. The minimum atomic E-state index is -0.256. The largest absolute Gasteiger partial charge is 0.497 e. The summed E-state index contributed by atoms with van der Waals surface area (Å²) < 4.78 is 21.1. The second-order valence-electron chi connectivity index (χ2n) is 5.93. The van der Waals surface area contributed by atoms with Gasteiger partial charge in [-0.1, -0.05) is 0 Å². The highest BCUT2D eigenvalue weighted by atomic mass is 32.2. The van der Waals surface area contributed by atoms with Crippen molar-refractivity contribution in [2.75, 3.05) is 28.4 Å². The first-order valence-corrected chi connectivity index (χ1v) is 9.65. The van der Waals surface area contributed by atoms with Crippen molar-refractivity contribution in [3.63, 3.8) is 0 Å². The summed E-state index contributed by atoms with van der Waals surface area (Å²) in [6, 6.07) is 10.7. The van der Waals surface area contributed by atoms with E-state index in [1.807, 2.05) is 12.1 Å². The molecule has 0 bridgehead atoms. The van der Waals surface area contributed by atoms with Gasteiger partial charge in [0.05, 0.1) is 39.6 Å². The predicted octanol–water partition coefficient (Wildman–Crippen LogP) is 3.32. The van der Waals surface area contributed by atoms with Crippen LogP contribution in [0.2, 0.25) is 0 Å². The van der Waals surface area contributed by atoms with E-state index >= 15 is 0 Å². The number of nitrogens with one attached hydrogen (secondary N) is 1. The molecule has 2 aromatic carbocycles. The number of carbonyl (C=O) groups excluding carboxylic acids is 1. The lowest BCUT2D eigenvalue weighted by Crippen LogP contribution is -2.19. The fourth-order valence-corrected chi connectivity index (χ4v) is 3.39. The van der Waals surface area contributed by atoms with Crippen LogP contribution < -0.4 is 24.3 Å². The molecule has 1 aliphatic rings. The summed E-state index contributed by atoms with van der Waals surface area (Å²) in [7, 11) is 6.29. The molecule has 0 radical (unpaired) electrons. The molecular formula is C21H21N3O5S. The monoisotopic (exact) mass is 427 g/mol. The molecule has 2 aromatic rings. The van der Waals surface area contributed by atoms with Gasteiger partial charge in [0.15, 0.2) is 5.17 Å². The topological polar surface area (TPSA) is 90.7 Å². The van der Waals surface area contributed by atoms with E-state index in [-0.39, 0.29) is 5.91 Å². The Morgan fingerprint density at radius 3 is 2.07 bits per heavy atom. The standard InChI is InChI=1S/C21H21N3O5S/c1-26-15-7-5-13(17(10-15)28-3)9-19-20(25)23-21(30-19)24-22-12-14-6-8-16(27-2)11-18(14)29-4/h5-12H,1-4H3,(H,23,24,25)/b19-9-,22-12+. The number of nitrogens with zero attached hydrogens (tertiary/aromatic N) is 2. The van der Waals surface area contributed by atoms with Crippen LogP contribution in [0.1, 0.15) is 11.1 Å². The van der Waals surface area contributed by atoms with Gasteiger partial charge in [-0.25, -0.2) is 0 Å². The molecule has 1 aliphatic heterocycles. The van der Waals surface area contributed by atoms with E-state index in [4.69, 9.17) is 18.9 Å². The average Bonchev–Trinajstić information content (AvgIpc) is 3.12. The molecule has 0 saturated carbocycles. The lowest BCUT2D eigenvalue weighted by Gasteiger charge is -2.07. The van der Waals surface area contributed by atoms with Crippen molar-refractivity contribution in [1.82, 2.24) is 5.32 Å². The molecule has 1 fully saturated rings. The Hall–Kier alpha value is -3.46. The van der Waals surface area contributed by atoms with E-state index in [1.165, 1.54) is 11.8 Å². The lowest BCUT2D eigenvalue weighted by molar-refractivity contribution is -0.115. The van der Waals surface area contributed by atoms with Gasteiger partial charge < -0.3 is 18.9 Å². The number of amides is 1. The maximum absolute atomic E-state index is 12.3. The molecule has 8 nitrogen and oxygen atoms in total. The minimum Gasteiger partial charge on any atom is -0.497 e. The molecule has 30 heavy (non-hydrogen) atoms. The van der Waals surface area contributed by atoms with Crippen LogP contribution in [0.4, 0.5) is 0 Å². The third-order valence-electron chi connectivity index (χ3n) is 4.16. The van der Waals surface area contributed by atoms with Crippen molar-refractivity contribution >= 4 is 35.1 Å². The molecule has 1 saturated heterocycles. The van der Waals surface area contributed by atoms with E-state index in [0.717, 1.165) is 11.1 Å². The molecule has 0 atom stereocenters. The Morgan fingerprint density at radius 2 is 1.47 bits per heavy atom. The van der Waals surface area contributed by atoms with Crippen LogP contribution in [0.15, 0.2) is 51.5 Å². The fourth-order valence-electron chi connectivity index (χ4n) is 2.62. The highest BCUT2D eigenvalue weighted by molar-refractivity contribution is 8.18. The van der Waals surface area contributed by atoms with Gasteiger partial charge in [-0.05, 0) is 42.1 Å². The summed E-state index contributed by atoms with van der Waals surface area (Å²) in [6.45, 7) is 0. The quantitative estimate of drug-likeness (QED) is 0.414. The van der Waals surface area contributed by atoms with Crippen LogP contribution in [0.25, 0.3) is 6.08 Å². The van der Waals surface area contributed by atoms with Crippen LogP contribution >= 0.6 is 11.8 Å². The minimum absolute atomic E-state index is 0.256. The molecule has 1 amide bonds. The molecule has 1 N–H and O–H groups in total. The Kier molecular flexibility index (Phi) is 6.97. The highest BCUT2D eigenvalue weighted by Gasteiger charge is 2.24. The molecule has 9 heteroatoms. The number of rotatable bonds is 7. The third kappa shape index (κ3) is 4.93. The Balaban J connectivity index is 1.77. The van der Waals surface area contributed by atoms with Crippen molar-refractivity contribution in [2.24, 2.45) is 10.2 Å². The summed E-state index contributed by atoms with van der Waals surface area (Å²) in [5.41, 5.74) is 1.49. The molecule has 0 unspecified atom stereocenters. The molecular weight excluding hydrogens is 406 g/mol. The Labute approximate surface area is 178 Å². The van der Waals surface area contributed by atoms with Crippen molar-refractivity contribution < 1.29 is 23.7 Å². The second kappa shape index (κ2) is 9.84. The number of methoxy groups -OCH3 is 4. The molecule has 0 aliphatic carbocycles. The maximum Gasteiger partial charge on any atom is 0.264 e. The van der Waals surface area contributed by atoms with E-state index < -0.39 is 0 Å². The highest BCUT2D eigenvalue weighted by Crippen LogP contribution is 2.31. The summed E-state index contributed by atoms with van der Waals surface area (Å²) in [6.07, 6.45) is 3.28. The van der Waals surface area contributed by atoms with Gasteiger partial charge >= 0.3 is 0 Å². The van der Waals surface area contributed by atoms with Crippen LogP contribution in [0, 0.1) is 0 Å². The van der Waals surface area contributed by atoms with Gasteiger partial charge in [-0.2, -0.15) is 5.10 Å². The number of ether oxygens (including phenoxy) is 4. The molecule has 3 rings (SSSR count). The molecule has 0 spiro atoms. The number of hydrogen-bond donors (Lipinski definition) is 1. The zero-order valence-corrected chi connectivity index (χ0v) is 17.8. The first kappa shape index (κ1) is 21.3. The van der Waals surface area contributed by atoms with E-state index in [1.54, 1.807) is 65.0 Å². The van der Waals surface area contributed by atoms with Crippen molar-refractivity contribution in [3.8, 4) is 23.0 Å².